The van der Waals surface area contributed by atoms with Crippen LogP contribution in [0.15, 0.2) is 29.3 Å². The van der Waals surface area contributed by atoms with Gasteiger partial charge in [-0.2, -0.15) is 0 Å². The number of nitrogens with zero attached hydrogens (tertiary/aromatic N) is 1. The molecule has 0 N–H and O–H groups in total. The summed E-state index contributed by atoms with van der Waals surface area (Å²) in [6.07, 6.45) is 0.700. The van der Waals surface area contributed by atoms with Gasteiger partial charge in [0.15, 0.2) is 5.78 Å². The Balaban J connectivity index is 3.00. The van der Waals surface area contributed by atoms with Crippen molar-refractivity contribution in [2.45, 2.75) is 20.3 Å². The van der Waals surface area contributed by atoms with Gasteiger partial charge in [-0.3, -0.25) is 4.79 Å². The first-order chi connectivity index (χ1) is 6.63. The number of carbonyl (C=O) groups is 1. The summed E-state index contributed by atoms with van der Waals surface area (Å²) in [7, 11) is 0. The highest BCUT2D eigenvalue weighted by Crippen LogP contribution is 2.16. The maximum absolute atomic E-state index is 11.1. The smallest absolute Gasteiger partial charge is 0.159 e. The first-order valence-corrected chi connectivity index (χ1v) is 4.85. The number of rotatable bonds is 3. The molecule has 0 unspecified atom stereocenters. The van der Waals surface area contributed by atoms with Crippen LogP contribution in [0.4, 0.5) is 5.69 Å². The van der Waals surface area contributed by atoms with E-state index in [1.165, 1.54) is 6.92 Å². The van der Waals surface area contributed by atoms with Crippen molar-refractivity contribution in [3.63, 3.8) is 0 Å². The van der Waals surface area contributed by atoms with Crippen LogP contribution in [0.1, 0.15) is 30.6 Å². The van der Waals surface area contributed by atoms with Crippen molar-refractivity contribution in [1.29, 1.82) is 0 Å². The van der Waals surface area contributed by atoms with E-state index in [-0.39, 0.29) is 5.78 Å². The molecule has 0 radical (unpaired) electrons. The van der Waals surface area contributed by atoms with E-state index in [0.29, 0.717) is 17.2 Å². The van der Waals surface area contributed by atoms with E-state index in [1.54, 1.807) is 18.2 Å². The number of ketones is 1. The number of benzene rings is 1. The summed E-state index contributed by atoms with van der Waals surface area (Å²) in [5, 5.41) is 0.547. The first-order valence-electron chi connectivity index (χ1n) is 4.47. The Morgan fingerprint density at radius 1 is 1.50 bits per heavy atom. The molecule has 14 heavy (non-hydrogen) atoms. The third-order valence-corrected chi connectivity index (χ3v) is 2.15. The topological polar surface area (TPSA) is 29.4 Å². The van der Waals surface area contributed by atoms with Crippen molar-refractivity contribution in [3.8, 4) is 0 Å². The second kappa shape index (κ2) is 4.91. The molecule has 1 aromatic carbocycles. The van der Waals surface area contributed by atoms with Crippen LogP contribution >= 0.6 is 11.6 Å². The Labute approximate surface area is 88.6 Å². The lowest BCUT2D eigenvalue weighted by Gasteiger charge is -1.98. The molecule has 74 valence electrons. The molecule has 0 amide bonds. The normalized spacial score (nSPS) is 11.5. The van der Waals surface area contributed by atoms with Gasteiger partial charge in [0.1, 0.15) is 5.17 Å². The molecule has 0 saturated heterocycles. The molecule has 0 heterocycles. The van der Waals surface area contributed by atoms with Gasteiger partial charge in [-0.15, -0.1) is 0 Å². The van der Waals surface area contributed by atoms with Gasteiger partial charge in [0.05, 0.1) is 5.69 Å². The Hall–Kier alpha value is -1.15. The van der Waals surface area contributed by atoms with E-state index in [9.17, 15) is 4.79 Å². The zero-order chi connectivity index (χ0) is 10.6. The molecule has 0 bridgehead atoms. The lowest BCUT2D eigenvalue weighted by molar-refractivity contribution is 0.101. The molecule has 1 rings (SSSR count). The molecule has 0 aliphatic carbocycles. The van der Waals surface area contributed by atoms with Gasteiger partial charge in [-0.05, 0) is 25.5 Å². The Bertz CT molecular complexity index is 371. The Morgan fingerprint density at radius 3 is 2.79 bits per heavy atom. The van der Waals surface area contributed by atoms with Gasteiger partial charge in [0.2, 0.25) is 0 Å². The monoisotopic (exact) mass is 209 g/mol. The molecule has 0 spiro atoms. The predicted octanol–water partition coefficient (Wildman–Crippen LogP) is 3.57. The Morgan fingerprint density at radius 2 is 2.21 bits per heavy atom. The van der Waals surface area contributed by atoms with Crippen LogP contribution in [0.2, 0.25) is 0 Å². The summed E-state index contributed by atoms with van der Waals surface area (Å²) in [5.74, 6) is 0.0367. The Kier molecular flexibility index (Phi) is 3.84. The van der Waals surface area contributed by atoms with Crippen molar-refractivity contribution >= 4 is 28.2 Å². The molecule has 3 heteroatoms. The minimum absolute atomic E-state index is 0.0367. The fourth-order valence-electron chi connectivity index (χ4n) is 1.01. The maximum atomic E-state index is 11.1. The maximum Gasteiger partial charge on any atom is 0.159 e. The SMILES string of the molecule is CCC(Cl)=Nc1cccc(C(C)=O)c1. The fraction of sp³-hybridized carbons (Fsp3) is 0.273. The highest BCUT2D eigenvalue weighted by atomic mass is 35.5. The van der Waals surface area contributed by atoms with Gasteiger partial charge < -0.3 is 0 Å². The highest BCUT2D eigenvalue weighted by Gasteiger charge is 1.99. The van der Waals surface area contributed by atoms with Crippen molar-refractivity contribution in [1.82, 2.24) is 0 Å². The van der Waals surface area contributed by atoms with Gasteiger partial charge in [0.25, 0.3) is 0 Å². The number of halogens is 1. The summed E-state index contributed by atoms with van der Waals surface area (Å²) >= 11 is 5.80. The average Bonchev–Trinajstić information content (AvgIpc) is 2.18. The zero-order valence-corrected chi connectivity index (χ0v) is 9.01. The van der Waals surface area contributed by atoms with Crippen LogP contribution in [-0.4, -0.2) is 11.0 Å². The molecular weight excluding hydrogens is 198 g/mol. The summed E-state index contributed by atoms with van der Waals surface area (Å²) < 4.78 is 0. The molecule has 0 aliphatic rings. The molecule has 0 atom stereocenters. The molecular formula is C11H12ClNO. The van der Waals surface area contributed by atoms with Crippen molar-refractivity contribution < 1.29 is 4.79 Å². The van der Waals surface area contributed by atoms with Gasteiger partial charge in [0, 0.05) is 5.56 Å². The molecule has 1 aromatic rings. The van der Waals surface area contributed by atoms with Crippen LogP contribution in [-0.2, 0) is 0 Å². The summed E-state index contributed by atoms with van der Waals surface area (Å²) in [5.41, 5.74) is 1.39. The third kappa shape index (κ3) is 2.96. The van der Waals surface area contributed by atoms with E-state index in [2.05, 4.69) is 4.99 Å². The summed E-state index contributed by atoms with van der Waals surface area (Å²) in [6, 6.07) is 7.13. The largest absolute Gasteiger partial charge is 0.295 e. The molecule has 0 saturated carbocycles. The van der Waals surface area contributed by atoms with E-state index in [4.69, 9.17) is 11.6 Å². The number of hydrogen-bond acceptors (Lipinski definition) is 2. The first kappa shape index (κ1) is 10.9. The second-order valence-electron chi connectivity index (χ2n) is 2.95. The average molecular weight is 210 g/mol. The van der Waals surface area contributed by atoms with Crippen LogP contribution in [0.3, 0.4) is 0 Å². The molecule has 0 fully saturated rings. The molecule has 0 aromatic heterocycles. The van der Waals surface area contributed by atoms with E-state index in [0.717, 1.165) is 5.69 Å². The summed E-state index contributed by atoms with van der Waals surface area (Å²) in [4.78, 5) is 15.2. The van der Waals surface area contributed by atoms with Crippen molar-refractivity contribution in [2.75, 3.05) is 0 Å². The zero-order valence-electron chi connectivity index (χ0n) is 8.25. The number of Topliss-reactive ketones (excluding diaryl/α,β-unsaturated/α-hetero) is 1. The lowest BCUT2D eigenvalue weighted by Crippen LogP contribution is -1.90. The minimum Gasteiger partial charge on any atom is -0.295 e. The molecule has 0 aliphatic heterocycles. The second-order valence-corrected chi connectivity index (χ2v) is 3.38. The van der Waals surface area contributed by atoms with E-state index >= 15 is 0 Å². The number of aliphatic imine (C=N–C) groups is 1. The van der Waals surface area contributed by atoms with Crippen molar-refractivity contribution in [2.24, 2.45) is 4.99 Å². The minimum atomic E-state index is 0.0367. The van der Waals surface area contributed by atoms with Crippen molar-refractivity contribution in [3.05, 3.63) is 29.8 Å². The fourth-order valence-corrected chi connectivity index (χ4v) is 1.11. The predicted molar refractivity (Wildman–Crippen MR) is 59.7 cm³/mol. The van der Waals surface area contributed by atoms with E-state index < -0.39 is 0 Å². The van der Waals surface area contributed by atoms with Gasteiger partial charge in [-0.25, -0.2) is 4.99 Å². The standard InChI is InChI=1S/C11H12ClNO/c1-3-11(12)13-10-6-4-5-9(7-10)8(2)14/h4-7H,3H2,1-2H3. The quantitative estimate of drug-likeness (QED) is 0.553. The van der Waals surface area contributed by atoms with Crippen LogP contribution < -0.4 is 0 Å². The van der Waals surface area contributed by atoms with Gasteiger partial charge in [-0.1, -0.05) is 30.7 Å². The third-order valence-electron chi connectivity index (χ3n) is 1.79. The number of carbonyl (C=O) groups excluding carboxylic acids is 1. The highest BCUT2D eigenvalue weighted by molar-refractivity contribution is 6.65. The lowest BCUT2D eigenvalue weighted by atomic mass is 10.1. The number of hydrogen-bond donors (Lipinski definition) is 0. The van der Waals surface area contributed by atoms with Crippen LogP contribution in [0, 0.1) is 0 Å². The van der Waals surface area contributed by atoms with Gasteiger partial charge >= 0.3 is 0 Å². The molecule has 2 nitrogen and oxygen atoms in total. The summed E-state index contributed by atoms with van der Waals surface area (Å²) in [6.45, 7) is 3.46. The van der Waals surface area contributed by atoms with E-state index in [1.807, 2.05) is 13.0 Å². The van der Waals surface area contributed by atoms with Crippen LogP contribution in [0.25, 0.3) is 0 Å². The van der Waals surface area contributed by atoms with Crippen LogP contribution in [0.5, 0.6) is 0 Å².